The predicted molar refractivity (Wildman–Crippen MR) is 104 cm³/mol. The van der Waals surface area contributed by atoms with E-state index in [1.165, 1.54) is 6.08 Å². The Bertz CT molecular complexity index is 901. The molecule has 0 spiro atoms. The van der Waals surface area contributed by atoms with Crippen LogP contribution in [0.1, 0.15) is 63.3 Å². The van der Waals surface area contributed by atoms with Gasteiger partial charge in [-0.2, -0.15) is 0 Å². The molecule has 0 saturated heterocycles. The van der Waals surface area contributed by atoms with Crippen molar-refractivity contribution in [3.63, 3.8) is 0 Å². The highest BCUT2D eigenvalue weighted by Crippen LogP contribution is 2.33. The highest BCUT2D eigenvalue weighted by molar-refractivity contribution is 5.98. The van der Waals surface area contributed by atoms with E-state index in [0.717, 1.165) is 41.2 Å². The summed E-state index contributed by atoms with van der Waals surface area (Å²) >= 11 is 0. The molecule has 1 aliphatic rings. The molecule has 144 valence electrons. The highest BCUT2D eigenvalue weighted by Gasteiger charge is 2.27. The van der Waals surface area contributed by atoms with Crippen LogP contribution in [0.15, 0.2) is 11.6 Å². The third kappa shape index (κ3) is 4.10. The van der Waals surface area contributed by atoms with Gasteiger partial charge in [-0.25, -0.2) is 9.97 Å². The van der Waals surface area contributed by atoms with E-state index < -0.39 is 0 Å². The summed E-state index contributed by atoms with van der Waals surface area (Å²) in [5, 5.41) is 5.59. The minimum atomic E-state index is -0.203. The second kappa shape index (κ2) is 7.38. The van der Waals surface area contributed by atoms with Crippen LogP contribution in [-0.2, 0) is 22.4 Å². The number of H-pyrrole nitrogens is 2. The molecule has 8 nitrogen and oxygen atoms in total. The first kappa shape index (κ1) is 18.9. The van der Waals surface area contributed by atoms with E-state index in [1.54, 1.807) is 0 Å². The number of allylic oxidation sites excluding steroid dienone is 1. The minimum Gasteiger partial charge on any atom is -0.328 e. The monoisotopic (exact) mass is 370 g/mol. The van der Waals surface area contributed by atoms with Gasteiger partial charge in [0, 0.05) is 29.3 Å². The molecular formula is C19H26N6O2. The van der Waals surface area contributed by atoms with Crippen LogP contribution in [0.2, 0.25) is 0 Å². The molecule has 0 unspecified atom stereocenters. The molecule has 3 rings (SSSR count). The zero-order valence-corrected chi connectivity index (χ0v) is 16.4. The minimum absolute atomic E-state index is 0.0520. The second-order valence-electron chi connectivity index (χ2n) is 7.47. The molecule has 0 aromatic carbocycles. The first-order valence-corrected chi connectivity index (χ1v) is 9.19. The van der Waals surface area contributed by atoms with Gasteiger partial charge < -0.3 is 9.97 Å². The summed E-state index contributed by atoms with van der Waals surface area (Å²) in [5.41, 5.74) is 4.67. The lowest BCUT2D eigenvalue weighted by Crippen LogP contribution is -2.18. The van der Waals surface area contributed by atoms with Gasteiger partial charge >= 0.3 is 0 Å². The molecule has 27 heavy (non-hydrogen) atoms. The molecule has 2 heterocycles. The number of aromatic nitrogens is 4. The average molecular weight is 370 g/mol. The van der Waals surface area contributed by atoms with Crippen molar-refractivity contribution in [3.05, 3.63) is 34.4 Å². The Morgan fingerprint density at radius 3 is 2.04 bits per heavy atom. The second-order valence-corrected chi connectivity index (χ2v) is 7.47. The number of amides is 2. The van der Waals surface area contributed by atoms with Gasteiger partial charge in [-0.3, -0.25) is 20.2 Å². The number of carbonyl (C=O) groups excluding carboxylic acids is 2. The zero-order chi connectivity index (χ0) is 19.7. The summed E-state index contributed by atoms with van der Waals surface area (Å²) in [7, 11) is 0. The molecule has 2 aromatic rings. The summed E-state index contributed by atoms with van der Waals surface area (Å²) in [6.07, 6.45) is 3.03. The average Bonchev–Trinajstić information content (AvgIpc) is 3.12. The van der Waals surface area contributed by atoms with Crippen LogP contribution in [0.4, 0.5) is 11.9 Å². The Morgan fingerprint density at radius 2 is 1.56 bits per heavy atom. The molecule has 0 radical (unpaired) electrons. The Hall–Kier alpha value is -2.90. The van der Waals surface area contributed by atoms with E-state index >= 15 is 0 Å². The molecule has 0 aliphatic heterocycles. The number of hydrogen-bond donors (Lipinski definition) is 4. The van der Waals surface area contributed by atoms with Gasteiger partial charge in [-0.15, -0.1) is 0 Å². The van der Waals surface area contributed by atoms with Crippen LogP contribution in [-0.4, -0.2) is 31.8 Å². The number of imidazole rings is 2. The van der Waals surface area contributed by atoms with Gasteiger partial charge in [-0.05, 0) is 26.7 Å². The number of aryl methyl sites for hydroxylation is 2. The standard InChI is InChI=1S/C19H26N6O2/c1-9(2)8-14(26)22-18-20-12-6-7-13-16(11(5)15(12)23-18)24-19(21-13)25-17(27)10(3)4/h8,10-11H,6-7H2,1-5H3,(H2,20,22,23,26)(H2,21,24,25,27)/t11-/m0/s1. The highest BCUT2D eigenvalue weighted by atomic mass is 16.2. The maximum absolute atomic E-state index is 11.9. The normalized spacial score (nSPS) is 15.6. The van der Waals surface area contributed by atoms with Crippen LogP contribution >= 0.6 is 0 Å². The molecule has 4 N–H and O–H groups in total. The maximum Gasteiger partial charge on any atom is 0.250 e. The summed E-state index contributed by atoms with van der Waals surface area (Å²) in [4.78, 5) is 39.5. The Kier molecular flexibility index (Phi) is 5.16. The Morgan fingerprint density at radius 1 is 1.04 bits per heavy atom. The van der Waals surface area contributed by atoms with Crippen molar-refractivity contribution in [1.29, 1.82) is 0 Å². The Labute approximate surface area is 158 Å². The number of rotatable bonds is 4. The zero-order valence-electron chi connectivity index (χ0n) is 16.4. The topological polar surface area (TPSA) is 116 Å². The molecule has 0 bridgehead atoms. The lowest BCUT2D eigenvalue weighted by atomic mass is 10.0. The molecule has 0 saturated carbocycles. The summed E-state index contributed by atoms with van der Waals surface area (Å²) < 4.78 is 0. The number of carbonyl (C=O) groups is 2. The molecule has 8 heteroatoms. The van der Waals surface area contributed by atoms with Crippen molar-refractivity contribution >= 4 is 23.7 Å². The van der Waals surface area contributed by atoms with Crippen LogP contribution in [0.25, 0.3) is 0 Å². The molecule has 1 aliphatic carbocycles. The fraction of sp³-hybridized carbons (Fsp3) is 0.474. The van der Waals surface area contributed by atoms with Crippen molar-refractivity contribution in [1.82, 2.24) is 19.9 Å². The molecule has 1 atom stereocenters. The first-order chi connectivity index (χ1) is 12.7. The van der Waals surface area contributed by atoms with Crippen molar-refractivity contribution in [2.75, 3.05) is 10.6 Å². The lowest BCUT2D eigenvalue weighted by Gasteiger charge is -2.06. The number of nitrogens with one attached hydrogen (secondary N) is 4. The quantitative estimate of drug-likeness (QED) is 0.619. The number of nitrogens with zero attached hydrogens (tertiary/aromatic N) is 2. The van der Waals surface area contributed by atoms with E-state index in [9.17, 15) is 9.59 Å². The summed E-state index contributed by atoms with van der Waals surface area (Å²) in [6.45, 7) is 9.45. The van der Waals surface area contributed by atoms with Crippen molar-refractivity contribution < 1.29 is 9.59 Å². The lowest BCUT2D eigenvalue weighted by molar-refractivity contribution is -0.119. The summed E-state index contributed by atoms with van der Waals surface area (Å²) in [5.74, 6) is 0.478. The van der Waals surface area contributed by atoms with E-state index in [4.69, 9.17) is 0 Å². The van der Waals surface area contributed by atoms with Crippen LogP contribution in [0.5, 0.6) is 0 Å². The third-order valence-electron chi connectivity index (χ3n) is 4.49. The SMILES string of the molecule is CC(C)=CC(=O)Nc1nc2c([nH]1)CCc1[nH]c(NC(=O)C(C)C)nc1[C@H]2C. The maximum atomic E-state index is 11.9. The Balaban J connectivity index is 1.83. The first-order valence-electron chi connectivity index (χ1n) is 9.19. The fourth-order valence-electron chi connectivity index (χ4n) is 3.12. The third-order valence-corrected chi connectivity index (χ3v) is 4.49. The van der Waals surface area contributed by atoms with Crippen LogP contribution in [0.3, 0.4) is 0 Å². The fourth-order valence-corrected chi connectivity index (χ4v) is 3.12. The number of anilines is 2. The van der Waals surface area contributed by atoms with E-state index in [1.807, 2.05) is 34.6 Å². The number of hydrogen-bond acceptors (Lipinski definition) is 4. The van der Waals surface area contributed by atoms with E-state index in [2.05, 4.69) is 30.6 Å². The van der Waals surface area contributed by atoms with E-state index in [0.29, 0.717) is 11.9 Å². The number of fused-ring (bicyclic) bond motifs is 2. The van der Waals surface area contributed by atoms with Crippen LogP contribution in [0, 0.1) is 5.92 Å². The summed E-state index contributed by atoms with van der Waals surface area (Å²) in [6, 6.07) is 0. The van der Waals surface area contributed by atoms with Crippen molar-refractivity contribution in [3.8, 4) is 0 Å². The largest absolute Gasteiger partial charge is 0.328 e. The van der Waals surface area contributed by atoms with E-state index in [-0.39, 0.29) is 23.7 Å². The van der Waals surface area contributed by atoms with Gasteiger partial charge in [-0.1, -0.05) is 26.3 Å². The van der Waals surface area contributed by atoms with Crippen LogP contribution < -0.4 is 10.6 Å². The smallest absolute Gasteiger partial charge is 0.250 e. The number of aromatic amines is 2. The molecule has 0 fully saturated rings. The molecule has 2 aromatic heterocycles. The van der Waals surface area contributed by atoms with Crippen molar-refractivity contribution in [2.45, 2.75) is 53.4 Å². The van der Waals surface area contributed by atoms with Gasteiger partial charge in [0.1, 0.15) is 0 Å². The predicted octanol–water partition coefficient (Wildman–Crippen LogP) is 2.88. The van der Waals surface area contributed by atoms with Gasteiger partial charge in [0.25, 0.3) is 5.91 Å². The van der Waals surface area contributed by atoms with Gasteiger partial charge in [0.2, 0.25) is 17.8 Å². The van der Waals surface area contributed by atoms with Gasteiger partial charge in [0.05, 0.1) is 11.4 Å². The van der Waals surface area contributed by atoms with Crippen molar-refractivity contribution in [2.24, 2.45) is 5.92 Å². The van der Waals surface area contributed by atoms with Gasteiger partial charge in [0.15, 0.2) is 0 Å². The molecule has 2 amide bonds. The molecular weight excluding hydrogens is 344 g/mol.